The van der Waals surface area contributed by atoms with Gasteiger partial charge >= 0.3 is 5.88 Å². The van der Waals surface area contributed by atoms with Gasteiger partial charge in [-0.25, -0.2) is 0 Å². The molecule has 0 aliphatic heterocycles. The fourth-order valence-electron chi connectivity index (χ4n) is 1.26. The average molecular weight is 242 g/mol. The minimum absolute atomic E-state index is 0.0639. The molecule has 1 aromatic heterocycles. The third kappa shape index (κ3) is 3.56. The maximum atomic E-state index is 11.7. The number of amides is 1. The van der Waals surface area contributed by atoms with Crippen LogP contribution in [0.15, 0.2) is 16.5 Å². The first-order valence-electron chi connectivity index (χ1n) is 5.03. The molecule has 0 fully saturated rings. The van der Waals surface area contributed by atoms with Crippen LogP contribution in [0.5, 0.6) is 0 Å². The van der Waals surface area contributed by atoms with E-state index in [0.717, 1.165) is 6.07 Å². The molecule has 0 aromatic carbocycles. The van der Waals surface area contributed by atoms with Crippen LogP contribution in [0.25, 0.3) is 0 Å². The quantitative estimate of drug-likeness (QED) is 0.593. The van der Waals surface area contributed by atoms with Crippen LogP contribution in [-0.2, 0) is 0 Å². The van der Waals surface area contributed by atoms with E-state index in [-0.39, 0.29) is 12.4 Å². The standard InChI is InChI=1S/C10H14N2O5/c1-10(2,5-6-13)11-9(14)7-3-4-8(17-7)12(15)16/h3-4,13H,5-6H2,1-2H3,(H,11,14). The number of aliphatic hydroxyl groups is 1. The van der Waals surface area contributed by atoms with E-state index in [4.69, 9.17) is 9.52 Å². The Kier molecular flexibility index (Phi) is 3.84. The number of rotatable bonds is 5. The Balaban J connectivity index is 2.73. The van der Waals surface area contributed by atoms with Crippen LogP contribution >= 0.6 is 0 Å². The first kappa shape index (κ1) is 13.2. The summed E-state index contributed by atoms with van der Waals surface area (Å²) in [6, 6.07) is 2.36. The van der Waals surface area contributed by atoms with Gasteiger partial charge in [0.2, 0.25) is 0 Å². The summed E-state index contributed by atoms with van der Waals surface area (Å²) in [6.45, 7) is 3.41. The predicted octanol–water partition coefficient (Wildman–Crippen LogP) is 1.08. The molecule has 0 saturated carbocycles. The van der Waals surface area contributed by atoms with Crippen LogP contribution in [0.3, 0.4) is 0 Å². The second-order valence-electron chi connectivity index (χ2n) is 4.21. The summed E-state index contributed by atoms with van der Waals surface area (Å²) in [5.41, 5.74) is -0.604. The summed E-state index contributed by atoms with van der Waals surface area (Å²) in [5.74, 6) is -1.14. The Morgan fingerprint density at radius 2 is 2.24 bits per heavy atom. The molecule has 0 radical (unpaired) electrons. The lowest BCUT2D eigenvalue weighted by atomic mass is 10.0. The Hall–Kier alpha value is -1.89. The summed E-state index contributed by atoms with van der Waals surface area (Å²) in [4.78, 5) is 21.3. The third-order valence-corrected chi connectivity index (χ3v) is 2.18. The minimum Gasteiger partial charge on any atom is -0.396 e. The van der Waals surface area contributed by atoms with Crippen molar-refractivity contribution in [3.05, 3.63) is 28.0 Å². The molecule has 7 nitrogen and oxygen atoms in total. The Morgan fingerprint density at radius 3 is 2.71 bits per heavy atom. The van der Waals surface area contributed by atoms with E-state index in [0.29, 0.717) is 6.42 Å². The van der Waals surface area contributed by atoms with Gasteiger partial charge in [0.15, 0.2) is 5.76 Å². The number of carbonyl (C=O) groups excluding carboxylic acids is 1. The maximum absolute atomic E-state index is 11.7. The molecular formula is C10H14N2O5. The number of nitrogens with one attached hydrogen (secondary N) is 1. The molecule has 0 spiro atoms. The third-order valence-electron chi connectivity index (χ3n) is 2.18. The molecule has 0 aliphatic rings. The van der Waals surface area contributed by atoms with Gasteiger partial charge in [-0.1, -0.05) is 0 Å². The normalized spacial score (nSPS) is 11.2. The van der Waals surface area contributed by atoms with Gasteiger partial charge in [0, 0.05) is 12.1 Å². The molecule has 17 heavy (non-hydrogen) atoms. The van der Waals surface area contributed by atoms with Crippen LogP contribution in [0.1, 0.15) is 30.8 Å². The average Bonchev–Trinajstić information content (AvgIpc) is 2.64. The molecule has 1 aromatic rings. The van der Waals surface area contributed by atoms with Gasteiger partial charge in [-0.3, -0.25) is 14.9 Å². The SMILES string of the molecule is CC(C)(CCO)NC(=O)c1ccc([N+](=O)[O-])o1. The van der Waals surface area contributed by atoms with E-state index < -0.39 is 22.3 Å². The molecular weight excluding hydrogens is 228 g/mol. The van der Waals surface area contributed by atoms with Gasteiger partial charge in [0.25, 0.3) is 5.91 Å². The Morgan fingerprint density at radius 1 is 1.59 bits per heavy atom. The molecule has 0 bridgehead atoms. The second-order valence-corrected chi connectivity index (χ2v) is 4.21. The molecule has 0 aliphatic carbocycles. The van der Waals surface area contributed by atoms with Gasteiger partial charge < -0.3 is 14.8 Å². The van der Waals surface area contributed by atoms with Crippen molar-refractivity contribution in [3.63, 3.8) is 0 Å². The molecule has 7 heteroatoms. The van der Waals surface area contributed by atoms with Crippen LogP contribution < -0.4 is 5.32 Å². The Labute approximate surface area is 97.6 Å². The van der Waals surface area contributed by atoms with Crippen molar-refractivity contribution in [3.8, 4) is 0 Å². The van der Waals surface area contributed by atoms with Crippen molar-refractivity contribution in [1.29, 1.82) is 0 Å². The highest BCUT2D eigenvalue weighted by Crippen LogP contribution is 2.17. The molecule has 94 valence electrons. The molecule has 1 amide bonds. The lowest BCUT2D eigenvalue weighted by Crippen LogP contribution is -2.43. The maximum Gasteiger partial charge on any atom is 0.433 e. The van der Waals surface area contributed by atoms with E-state index in [1.165, 1.54) is 6.07 Å². The highest BCUT2D eigenvalue weighted by atomic mass is 16.6. The topological polar surface area (TPSA) is 106 Å². The van der Waals surface area contributed by atoms with Gasteiger partial charge in [-0.05, 0) is 26.3 Å². The summed E-state index contributed by atoms with van der Waals surface area (Å²) < 4.78 is 4.76. The van der Waals surface area contributed by atoms with Crippen molar-refractivity contribution in [1.82, 2.24) is 5.32 Å². The minimum atomic E-state index is -0.713. The number of aliphatic hydroxyl groups excluding tert-OH is 1. The van der Waals surface area contributed by atoms with E-state index in [2.05, 4.69) is 5.32 Å². The van der Waals surface area contributed by atoms with Gasteiger partial charge in [0.1, 0.15) is 4.92 Å². The summed E-state index contributed by atoms with van der Waals surface area (Å²) in [7, 11) is 0. The van der Waals surface area contributed by atoms with Crippen molar-refractivity contribution in [2.24, 2.45) is 0 Å². The number of hydrogen-bond donors (Lipinski definition) is 2. The van der Waals surface area contributed by atoms with Crippen LogP contribution in [-0.4, -0.2) is 28.1 Å². The number of nitro groups is 1. The molecule has 0 saturated heterocycles. The number of furan rings is 1. The molecule has 0 unspecified atom stereocenters. The van der Waals surface area contributed by atoms with Crippen LogP contribution in [0, 0.1) is 10.1 Å². The van der Waals surface area contributed by atoms with Crippen LogP contribution in [0.4, 0.5) is 5.88 Å². The number of carbonyl (C=O) groups is 1. The molecule has 0 atom stereocenters. The van der Waals surface area contributed by atoms with E-state index in [9.17, 15) is 14.9 Å². The molecule has 1 rings (SSSR count). The van der Waals surface area contributed by atoms with E-state index >= 15 is 0 Å². The molecule has 2 N–H and O–H groups in total. The lowest BCUT2D eigenvalue weighted by Gasteiger charge is -2.24. The first-order valence-corrected chi connectivity index (χ1v) is 5.03. The summed E-state index contributed by atoms with van der Waals surface area (Å²) >= 11 is 0. The van der Waals surface area contributed by atoms with Crippen molar-refractivity contribution in [2.45, 2.75) is 25.8 Å². The fourth-order valence-corrected chi connectivity index (χ4v) is 1.26. The first-order chi connectivity index (χ1) is 7.85. The second kappa shape index (κ2) is 4.96. The smallest absolute Gasteiger partial charge is 0.396 e. The molecule has 1 heterocycles. The van der Waals surface area contributed by atoms with Gasteiger partial charge in [-0.15, -0.1) is 0 Å². The zero-order valence-corrected chi connectivity index (χ0v) is 9.60. The summed E-state index contributed by atoms with van der Waals surface area (Å²) in [6.07, 6.45) is 0.377. The zero-order valence-electron chi connectivity index (χ0n) is 9.60. The zero-order chi connectivity index (χ0) is 13.1. The highest BCUT2D eigenvalue weighted by molar-refractivity contribution is 5.92. The highest BCUT2D eigenvalue weighted by Gasteiger charge is 2.24. The van der Waals surface area contributed by atoms with E-state index in [1.54, 1.807) is 13.8 Å². The monoisotopic (exact) mass is 242 g/mol. The van der Waals surface area contributed by atoms with Crippen molar-refractivity contribution < 1.29 is 19.2 Å². The van der Waals surface area contributed by atoms with Gasteiger partial charge in [0.05, 0.1) is 6.07 Å². The summed E-state index contributed by atoms with van der Waals surface area (Å²) in [5, 5.41) is 21.8. The van der Waals surface area contributed by atoms with Crippen molar-refractivity contribution in [2.75, 3.05) is 6.61 Å². The van der Waals surface area contributed by atoms with Crippen molar-refractivity contribution >= 4 is 11.8 Å². The predicted molar refractivity (Wildman–Crippen MR) is 58.6 cm³/mol. The van der Waals surface area contributed by atoms with E-state index in [1.807, 2.05) is 0 Å². The number of hydrogen-bond acceptors (Lipinski definition) is 5. The fraction of sp³-hybridized carbons (Fsp3) is 0.500. The van der Waals surface area contributed by atoms with Gasteiger partial charge in [-0.2, -0.15) is 0 Å². The lowest BCUT2D eigenvalue weighted by molar-refractivity contribution is -0.402. The van der Waals surface area contributed by atoms with Crippen LogP contribution in [0.2, 0.25) is 0 Å². The largest absolute Gasteiger partial charge is 0.433 e. The Bertz CT molecular complexity index is 424. The number of nitrogens with zero attached hydrogens (tertiary/aromatic N) is 1.